The first-order valence-corrected chi connectivity index (χ1v) is 8.46. The molecule has 118 valence electrons. The quantitative estimate of drug-likeness (QED) is 0.795. The van der Waals surface area contributed by atoms with Crippen molar-refractivity contribution in [1.82, 2.24) is 10.3 Å². The topological polar surface area (TPSA) is 34.2 Å². The zero-order valence-electron chi connectivity index (χ0n) is 13.8. The van der Waals surface area contributed by atoms with E-state index < -0.39 is 0 Å². The average Bonchev–Trinajstić information content (AvgIpc) is 3.02. The number of ether oxygens (including phenoxy) is 1. The molecule has 0 amide bonds. The van der Waals surface area contributed by atoms with Crippen molar-refractivity contribution in [2.45, 2.75) is 70.4 Å². The monoisotopic (exact) mass is 290 g/mol. The van der Waals surface area contributed by atoms with Gasteiger partial charge in [0.2, 0.25) is 0 Å². The van der Waals surface area contributed by atoms with Gasteiger partial charge in [-0.1, -0.05) is 32.8 Å². The molecule has 1 N–H and O–H groups in total. The van der Waals surface area contributed by atoms with Crippen LogP contribution in [0.15, 0.2) is 18.3 Å². The summed E-state index contributed by atoms with van der Waals surface area (Å²) >= 11 is 0. The highest BCUT2D eigenvalue weighted by Gasteiger charge is 2.41. The van der Waals surface area contributed by atoms with Crippen molar-refractivity contribution in [3.05, 3.63) is 29.6 Å². The van der Waals surface area contributed by atoms with Gasteiger partial charge in [0.25, 0.3) is 0 Å². The van der Waals surface area contributed by atoms with Crippen LogP contribution in [0.3, 0.4) is 0 Å². The Hall–Kier alpha value is -0.930. The van der Waals surface area contributed by atoms with Crippen molar-refractivity contribution in [2.24, 2.45) is 0 Å². The van der Waals surface area contributed by atoms with Gasteiger partial charge in [0.1, 0.15) is 0 Å². The Morgan fingerprint density at radius 1 is 1.29 bits per heavy atom. The van der Waals surface area contributed by atoms with Gasteiger partial charge < -0.3 is 10.1 Å². The third-order valence-corrected chi connectivity index (χ3v) is 4.84. The van der Waals surface area contributed by atoms with E-state index in [-0.39, 0.29) is 5.60 Å². The number of hydrogen-bond acceptors (Lipinski definition) is 3. The maximum absolute atomic E-state index is 5.98. The third-order valence-electron chi connectivity index (χ3n) is 4.84. The van der Waals surface area contributed by atoms with Gasteiger partial charge in [-0.05, 0) is 43.9 Å². The van der Waals surface area contributed by atoms with Crippen LogP contribution in [0.1, 0.15) is 57.2 Å². The Morgan fingerprint density at radius 2 is 2.05 bits per heavy atom. The second-order valence-electron chi connectivity index (χ2n) is 6.20. The number of nitrogens with one attached hydrogen (secondary N) is 1. The number of rotatable bonds is 8. The fourth-order valence-corrected chi connectivity index (χ4v) is 3.43. The summed E-state index contributed by atoms with van der Waals surface area (Å²) in [6, 6.07) is 4.75. The Kier molecular flexibility index (Phi) is 6.19. The molecule has 1 fully saturated rings. The lowest BCUT2D eigenvalue weighted by molar-refractivity contribution is -0.0356. The SMILES string of the molecule is CCCNC(Cc1ccc(CC)cn1)C1(OC)CCCC1. The molecule has 0 spiro atoms. The van der Waals surface area contributed by atoms with E-state index in [4.69, 9.17) is 4.74 Å². The summed E-state index contributed by atoms with van der Waals surface area (Å²) in [6.07, 6.45) is 10.1. The lowest BCUT2D eigenvalue weighted by Gasteiger charge is -2.37. The minimum atomic E-state index is 0.000276. The lowest BCUT2D eigenvalue weighted by Crippen LogP contribution is -2.52. The summed E-state index contributed by atoms with van der Waals surface area (Å²) in [4.78, 5) is 4.64. The normalized spacial score (nSPS) is 18.8. The fourth-order valence-electron chi connectivity index (χ4n) is 3.43. The van der Waals surface area contributed by atoms with Gasteiger partial charge >= 0.3 is 0 Å². The predicted molar refractivity (Wildman–Crippen MR) is 87.6 cm³/mol. The van der Waals surface area contributed by atoms with Crippen LogP contribution < -0.4 is 5.32 Å². The van der Waals surface area contributed by atoms with Crippen molar-refractivity contribution in [3.8, 4) is 0 Å². The second-order valence-corrected chi connectivity index (χ2v) is 6.20. The van der Waals surface area contributed by atoms with E-state index in [0.717, 1.165) is 38.6 Å². The maximum atomic E-state index is 5.98. The Bertz CT molecular complexity index is 410. The Labute approximate surface area is 129 Å². The molecule has 1 aromatic heterocycles. The average molecular weight is 290 g/mol. The van der Waals surface area contributed by atoms with E-state index in [9.17, 15) is 0 Å². The number of aryl methyl sites for hydroxylation is 1. The lowest BCUT2D eigenvalue weighted by atomic mass is 9.88. The van der Waals surface area contributed by atoms with Gasteiger partial charge in [-0.15, -0.1) is 0 Å². The zero-order chi connectivity index (χ0) is 15.1. The molecule has 1 unspecified atom stereocenters. The summed E-state index contributed by atoms with van der Waals surface area (Å²) in [6.45, 7) is 5.43. The molecular weight excluding hydrogens is 260 g/mol. The molecule has 0 aliphatic heterocycles. The fraction of sp³-hybridized carbons (Fsp3) is 0.722. The highest BCUT2D eigenvalue weighted by Crippen LogP contribution is 2.36. The van der Waals surface area contributed by atoms with Crippen LogP contribution in [-0.2, 0) is 17.6 Å². The van der Waals surface area contributed by atoms with Crippen LogP contribution in [0.25, 0.3) is 0 Å². The molecule has 1 aromatic rings. The zero-order valence-corrected chi connectivity index (χ0v) is 13.8. The van der Waals surface area contributed by atoms with Crippen LogP contribution in [0.4, 0.5) is 0 Å². The molecule has 0 bridgehead atoms. The first kappa shape index (κ1) is 16.4. The van der Waals surface area contributed by atoms with E-state index >= 15 is 0 Å². The van der Waals surface area contributed by atoms with Gasteiger partial charge in [-0.25, -0.2) is 0 Å². The summed E-state index contributed by atoms with van der Waals surface area (Å²) in [7, 11) is 1.87. The van der Waals surface area contributed by atoms with Crippen molar-refractivity contribution < 1.29 is 4.74 Å². The van der Waals surface area contributed by atoms with Crippen molar-refractivity contribution in [2.75, 3.05) is 13.7 Å². The number of nitrogens with zero attached hydrogens (tertiary/aromatic N) is 1. The van der Waals surface area contributed by atoms with Crippen LogP contribution in [0, 0.1) is 0 Å². The van der Waals surface area contributed by atoms with Gasteiger partial charge in [0, 0.05) is 31.5 Å². The molecule has 0 saturated heterocycles. The smallest absolute Gasteiger partial charge is 0.0834 e. The second kappa shape index (κ2) is 7.90. The summed E-state index contributed by atoms with van der Waals surface area (Å²) in [5.41, 5.74) is 2.48. The van der Waals surface area contributed by atoms with E-state index in [2.05, 4.69) is 36.3 Å². The van der Waals surface area contributed by atoms with Gasteiger partial charge in [0.05, 0.1) is 5.60 Å². The summed E-state index contributed by atoms with van der Waals surface area (Å²) in [5.74, 6) is 0. The molecule has 0 aromatic carbocycles. The van der Waals surface area contributed by atoms with Gasteiger partial charge in [-0.2, -0.15) is 0 Å². The van der Waals surface area contributed by atoms with Crippen LogP contribution in [0.2, 0.25) is 0 Å². The number of pyridine rings is 1. The van der Waals surface area contributed by atoms with Crippen molar-refractivity contribution in [3.63, 3.8) is 0 Å². The molecule has 21 heavy (non-hydrogen) atoms. The Morgan fingerprint density at radius 3 is 2.57 bits per heavy atom. The first-order chi connectivity index (χ1) is 10.2. The van der Waals surface area contributed by atoms with Crippen LogP contribution in [-0.4, -0.2) is 30.3 Å². The molecule has 1 aliphatic carbocycles. The molecule has 1 saturated carbocycles. The molecule has 1 heterocycles. The standard InChI is InChI=1S/C18H30N2O/c1-4-12-19-17(18(21-3)10-6-7-11-18)13-16-9-8-15(5-2)14-20-16/h8-9,14,17,19H,4-7,10-13H2,1-3H3. The highest BCUT2D eigenvalue weighted by molar-refractivity contribution is 5.16. The summed E-state index contributed by atoms with van der Waals surface area (Å²) < 4.78 is 5.98. The minimum absolute atomic E-state index is 0.000276. The largest absolute Gasteiger partial charge is 0.377 e. The number of hydrogen-bond donors (Lipinski definition) is 1. The van der Waals surface area contributed by atoms with E-state index in [1.165, 1.54) is 24.1 Å². The Balaban J connectivity index is 2.11. The molecule has 2 rings (SSSR count). The molecule has 1 aliphatic rings. The number of aromatic nitrogens is 1. The van der Waals surface area contributed by atoms with Crippen molar-refractivity contribution in [1.29, 1.82) is 0 Å². The third kappa shape index (κ3) is 4.04. The van der Waals surface area contributed by atoms with Crippen LogP contribution >= 0.6 is 0 Å². The summed E-state index contributed by atoms with van der Waals surface area (Å²) in [5, 5.41) is 3.72. The maximum Gasteiger partial charge on any atom is 0.0834 e. The van der Waals surface area contributed by atoms with Gasteiger partial charge in [-0.3, -0.25) is 4.98 Å². The minimum Gasteiger partial charge on any atom is -0.377 e. The van der Waals surface area contributed by atoms with E-state index in [0.29, 0.717) is 6.04 Å². The molecule has 0 radical (unpaired) electrons. The van der Waals surface area contributed by atoms with Gasteiger partial charge in [0.15, 0.2) is 0 Å². The molecule has 1 atom stereocenters. The molecule has 3 nitrogen and oxygen atoms in total. The van der Waals surface area contributed by atoms with Crippen molar-refractivity contribution >= 4 is 0 Å². The first-order valence-electron chi connectivity index (χ1n) is 8.46. The molecule has 3 heteroatoms. The predicted octanol–water partition coefficient (Wildman–Crippen LogP) is 3.51. The van der Waals surface area contributed by atoms with E-state index in [1.807, 2.05) is 13.3 Å². The molecular formula is C18H30N2O. The number of methoxy groups -OCH3 is 1. The van der Waals surface area contributed by atoms with E-state index in [1.54, 1.807) is 0 Å². The highest BCUT2D eigenvalue weighted by atomic mass is 16.5. The van der Waals surface area contributed by atoms with Crippen LogP contribution in [0.5, 0.6) is 0 Å².